The molecule has 2 fully saturated rings. The highest BCUT2D eigenvalue weighted by Gasteiger charge is 2.46. The summed E-state index contributed by atoms with van der Waals surface area (Å²) in [5.41, 5.74) is 0.620. The number of fused-ring (bicyclic) bond motifs is 1. The summed E-state index contributed by atoms with van der Waals surface area (Å²) in [6.45, 7) is 2.33. The number of amides is 4. The maximum Gasteiger partial charge on any atom is 0.319 e. The number of halogens is 1. The van der Waals surface area contributed by atoms with Crippen LogP contribution in [0, 0.1) is 0 Å². The van der Waals surface area contributed by atoms with Gasteiger partial charge in [-0.15, -0.1) is 0 Å². The monoisotopic (exact) mass is 364 g/mol. The fraction of sp³-hybridized carbons (Fsp3) is 0.471. The Balaban J connectivity index is 1.58. The lowest BCUT2D eigenvalue weighted by Gasteiger charge is -2.34. The van der Waals surface area contributed by atoms with E-state index >= 15 is 0 Å². The second-order valence-corrected chi connectivity index (χ2v) is 6.83. The van der Waals surface area contributed by atoms with Crippen molar-refractivity contribution in [1.82, 2.24) is 15.5 Å². The summed E-state index contributed by atoms with van der Waals surface area (Å²) in [7, 11) is 0. The van der Waals surface area contributed by atoms with Gasteiger partial charge in [-0.3, -0.25) is 9.59 Å². The number of hydrogen-bond donors (Lipinski definition) is 3. The number of anilines is 1. The second-order valence-electron chi connectivity index (χ2n) is 6.39. The Morgan fingerprint density at radius 1 is 1.32 bits per heavy atom. The zero-order valence-corrected chi connectivity index (χ0v) is 14.7. The second kappa shape index (κ2) is 7.31. The van der Waals surface area contributed by atoms with E-state index < -0.39 is 12.1 Å². The maximum atomic E-state index is 12.5. The van der Waals surface area contributed by atoms with Crippen LogP contribution in [0.2, 0.25) is 5.02 Å². The molecular weight excluding hydrogens is 344 g/mol. The molecular formula is C17H21ClN4O3. The SMILES string of the molecule is CCC[C@@H]1NC(=O)[C@@H]2C[C@H](NC(=O)Nc3ccc(Cl)cc3)CN2C1=O. The van der Waals surface area contributed by atoms with E-state index in [1.54, 1.807) is 29.2 Å². The first-order valence-corrected chi connectivity index (χ1v) is 8.79. The van der Waals surface area contributed by atoms with Gasteiger partial charge in [-0.1, -0.05) is 24.9 Å². The van der Waals surface area contributed by atoms with Crippen LogP contribution in [-0.2, 0) is 9.59 Å². The first kappa shape index (κ1) is 17.5. The van der Waals surface area contributed by atoms with Crippen LogP contribution in [0.4, 0.5) is 10.5 Å². The Kier molecular flexibility index (Phi) is 5.13. The summed E-state index contributed by atoms with van der Waals surface area (Å²) < 4.78 is 0. The van der Waals surface area contributed by atoms with Gasteiger partial charge in [0.1, 0.15) is 12.1 Å². The standard InChI is InChI=1S/C17H21ClN4O3/c1-2-3-13-16(24)22-9-12(8-14(22)15(23)21-13)20-17(25)19-11-6-4-10(18)5-7-11/h4-7,12-14H,2-3,8-9H2,1H3,(H,21,23)(H2,19,20,25)/t12-,13-,14-/m0/s1. The number of benzene rings is 1. The smallest absolute Gasteiger partial charge is 0.319 e. The van der Waals surface area contributed by atoms with Crippen molar-refractivity contribution >= 4 is 35.1 Å². The van der Waals surface area contributed by atoms with E-state index in [-0.39, 0.29) is 23.9 Å². The van der Waals surface area contributed by atoms with Gasteiger partial charge in [-0.2, -0.15) is 0 Å². The van der Waals surface area contributed by atoms with Gasteiger partial charge in [-0.05, 0) is 37.1 Å². The fourth-order valence-electron chi connectivity index (χ4n) is 3.33. The van der Waals surface area contributed by atoms with Crippen LogP contribution in [0.3, 0.4) is 0 Å². The minimum absolute atomic E-state index is 0.0612. The molecule has 0 unspecified atom stereocenters. The lowest BCUT2D eigenvalue weighted by molar-refractivity contribution is -0.147. The van der Waals surface area contributed by atoms with Crippen molar-refractivity contribution in [1.29, 1.82) is 0 Å². The fourth-order valence-corrected chi connectivity index (χ4v) is 3.46. The Hall–Kier alpha value is -2.28. The molecule has 0 spiro atoms. The van der Waals surface area contributed by atoms with Crippen LogP contribution < -0.4 is 16.0 Å². The molecule has 2 saturated heterocycles. The van der Waals surface area contributed by atoms with Crippen molar-refractivity contribution in [2.75, 3.05) is 11.9 Å². The molecule has 1 aromatic rings. The minimum atomic E-state index is -0.499. The number of urea groups is 1. The molecule has 2 heterocycles. The van der Waals surface area contributed by atoms with Gasteiger partial charge in [-0.25, -0.2) is 4.79 Å². The van der Waals surface area contributed by atoms with E-state index in [1.807, 2.05) is 6.92 Å². The molecule has 0 bridgehead atoms. The molecule has 25 heavy (non-hydrogen) atoms. The van der Waals surface area contributed by atoms with Crippen LogP contribution in [-0.4, -0.2) is 47.4 Å². The Morgan fingerprint density at radius 3 is 2.72 bits per heavy atom. The third-order valence-electron chi connectivity index (χ3n) is 4.52. The summed E-state index contributed by atoms with van der Waals surface area (Å²) in [4.78, 5) is 38.4. The third-order valence-corrected chi connectivity index (χ3v) is 4.77. The third kappa shape index (κ3) is 3.87. The average molecular weight is 365 g/mol. The lowest BCUT2D eigenvalue weighted by Crippen LogP contribution is -2.61. The highest BCUT2D eigenvalue weighted by molar-refractivity contribution is 6.30. The van der Waals surface area contributed by atoms with Crippen molar-refractivity contribution in [2.24, 2.45) is 0 Å². The van der Waals surface area contributed by atoms with Crippen LogP contribution in [0.5, 0.6) is 0 Å². The summed E-state index contributed by atoms with van der Waals surface area (Å²) >= 11 is 5.81. The van der Waals surface area contributed by atoms with Crippen molar-refractivity contribution in [3.63, 3.8) is 0 Å². The number of piperazine rings is 1. The van der Waals surface area contributed by atoms with Gasteiger partial charge in [0.25, 0.3) is 0 Å². The highest BCUT2D eigenvalue weighted by Crippen LogP contribution is 2.24. The Labute approximate surface area is 151 Å². The van der Waals surface area contributed by atoms with E-state index in [9.17, 15) is 14.4 Å². The molecule has 2 aliphatic heterocycles. The summed E-state index contributed by atoms with van der Waals surface area (Å²) in [5.74, 6) is -0.200. The quantitative estimate of drug-likeness (QED) is 0.760. The number of rotatable bonds is 4. The van der Waals surface area contributed by atoms with Crippen LogP contribution in [0.25, 0.3) is 0 Å². The molecule has 2 aliphatic rings. The van der Waals surface area contributed by atoms with E-state index in [0.717, 1.165) is 6.42 Å². The zero-order chi connectivity index (χ0) is 18.0. The van der Waals surface area contributed by atoms with Crippen molar-refractivity contribution < 1.29 is 14.4 Å². The van der Waals surface area contributed by atoms with E-state index in [2.05, 4.69) is 16.0 Å². The van der Waals surface area contributed by atoms with Crippen LogP contribution in [0.15, 0.2) is 24.3 Å². The predicted octanol–water partition coefficient (Wildman–Crippen LogP) is 1.73. The largest absolute Gasteiger partial charge is 0.343 e. The van der Waals surface area contributed by atoms with Gasteiger partial charge in [0.05, 0.1) is 6.04 Å². The van der Waals surface area contributed by atoms with Crippen molar-refractivity contribution in [3.05, 3.63) is 29.3 Å². The van der Waals surface area contributed by atoms with Gasteiger partial charge in [0.2, 0.25) is 11.8 Å². The van der Waals surface area contributed by atoms with Crippen molar-refractivity contribution in [2.45, 2.75) is 44.3 Å². The van der Waals surface area contributed by atoms with Gasteiger partial charge in [0.15, 0.2) is 0 Å². The first-order chi connectivity index (χ1) is 12.0. The molecule has 8 heteroatoms. The Bertz CT molecular complexity index is 679. The lowest BCUT2D eigenvalue weighted by atomic mass is 10.0. The molecule has 7 nitrogen and oxygen atoms in total. The van der Waals surface area contributed by atoms with E-state index in [4.69, 9.17) is 11.6 Å². The van der Waals surface area contributed by atoms with Gasteiger partial charge < -0.3 is 20.9 Å². The summed E-state index contributed by atoms with van der Waals surface area (Å²) in [5, 5.41) is 8.92. The number of nitrogens with one attached hydrogen (secondary N) is 3. The predicted molar refractivity (Wildman–Crippen MR) is 94.4 cm³/mol. The molecule has 3 atom stereocenters. The Morgan fingerprint density at radius 2 is 2.04 bits per heavy atom. The molecule has 0 aliphatic carbocycles. The number of carbonyl (C=O) groups is 3. The summed E-state index contributed by atoms with van der Waals surface area (Å²) in [6.07, 6.45) is 1.87. The van der Waals surface area contributed by atoms with Crippen LogP contribution >= 0.6 is 11.6 Å². The molecule has 0 aromatic heterocycles. The molecule has 134 valence electrons. The molecule has 4 amide bonds. The molecule has 1 aromatic carbocycles. The van der Waals surface area contributed by atoms with Crippen molar-refractivity contribution in [3.8, 4) is 0 Å². The molecule has 3 N–H and O–H groups in total. The molecule has 0 saturated carbocycles. The van der Waals surface area contributed by atoms with Crippen LogP contribution in [0.1, 0.15) is 26.2 Å². The maximum absolute atomic E-state index is 12.5. The number of carbonyl (C=O) groups excluding carboxylic acids is 3. The normalized spacial score (nSPS) is 25.4. The summed E-state index contributed by atoms with van der Waals surface area (Å²) in [6, 6.07) is 5.20. The van der Waals surface area contributed by atoms with E-state index in [0.29, 0.717) is 30.1 Å². The zero-order valence-electron chi connectivity index (χ0n) is 13.9. The molecule has 0 radical (unpaired) electrons. The number of hydrogen-bond acceptors (Lipinski definition) is 3. The van der Waals surface area contributed by atoms with Gasteiger partial charge >= 0.3 is 6.03 Å². The molecule has 3 rings (SSSR count). The first-order valence-electron chi connectivity index (χ1n) is 8.42. The van der Waals surface area contributed by atoms with E-state index in [1.165, 1.54) is 0 Å². The average Bonchev–Trinajstić information content (AvgIpc) is 2.99. The number of nitrogens with zero attached hydrogens (tertiary/aromatic N) is 1. The topological polar surface area (TPSA) is 90.5 Å². The minimum Gasteiger partial charge on any atom is -0.343 e. The highest BCUT2D eigenvalue weighted by atomic mass is 35.5. The van der Waals surface area contributed by atoms with Gasteiger partial charge in [0, 0.05) is 17.3 Å².